The van der Waals surface area contributed by atoms with E-state index in [0.717, 1.165) is 24.8 Å². The third kappa shape index (κ3) is 2.73. The van der Waals surface area contributed by atoms with Crippen LogP contribution in [0.4, 0.5) is 4.39 Å². The lowest BCUT2D eigenvalue weighted by molar-refractivity contribution is -0.124. The SMILES string of the molecule is C[C@H](C(=O)NCC1(c2ccc(F)cc2)CCC1)n1cncn1. The number of benzene rings is 1. The third-order valence-corrected chi connectivity index (χ3v) is 4.58. The molecule has 0 aliphatic heterocycles. The van der Waals surface area contributed by atoms with Gasteiger partial charge >= 0.3 is 0 Å². The topological polar surface area (TPSA) is 59.8 Å². The zero-order chi connectivity index (χ0) is 15.6. The fourth-order valence-corrected chi connectivity index (χ4v) is 2.92. The molecule has 1 fully saturated rings. The summed E-state index contributed by atoms with van der Waals surface area (Å²) in [5.41, 5.74) is 1.03. The normalized spacial score (nSPS) is 17.5. The molecule has 1 aliphatic carbocycles. The van der Waals surface area contributed by atoms with E-state index in [9.17, 15) is 9.18 Å². The Labute approximate surface area is 128 Å². The van der Waals surface area contributed by atoms with Crippen molar-refractivity contribution < 1.29 is 9.18 Å². The number of carbonyl (C=O) groups excluding carboxylic acids is 1. The maximum absolute atomic E-state index is 13.1. The lowest BCUT2D eigenvalue weighted by atomic mass is 9.64. The molecule has 1 atom stereocenters. The van der Waals surface area contributed by atoms with Crippen LogP contribution >= 0.6 is 0 Å². The molecular weight excluding hydrogens is 283 g/mol. The first-order valence-corrected chi connectivity index (χ1v) is 7.49. The molecular formula is C16H19FN4O. The zero-order valence-corrected chi connectivity index (χ0v) is 12.5. The van der Waals surface area contributed by atoms with Crippen LogP contribution in [0.3, 0.4) is 0 Å². The van der Waals surface area contributed by atoms with Crippen LogP contribution in [0.2, 0.25) is 0 Å². The average molecular weight is 302 g/mol. The van der Waals surface area contributed by atoms with Gasteiger partial charge in [-0.05, 0) is 37.5 Å². The summed E-state index contributed by atoms with van der Waals surface area (Å²) in [6.07, 6.45) is 6.10. The van der Waals surface area contributed by atoms with Crippen LogP contribution < -0.4 is 5.32 Å². The second-order valence-corrected chi connectivity index (χ2v) is 5.91. The summed E-state index contributed by atoms with van der Waals surface area (Å²) >= 11 is 0. The molecule has 116 valence electrons. The average Bonchev–Trinajstić information content (AvgIpc) is 3.01. The van der Waals surface area contributed by atoms with Gasteiger partial charge in [-0.2, -0.15) is 5.10 Å². The van der Waals surface area contributed by atoms with Gasteiger partial charge < -0.3 is 5.32 Å². The van der Waals surface area contributed by atoms with Crippen LogP contribution in [0, 0.1) is 5.82 Å². The maximum atomic E-state index is 13.1. The molecule has 0 saturated heterocycles. The highest BCUT2D eigenvalue weighted by molar-refractivity contribution is 5.79. The highest BCUT2D eigenvalue weighted by Gasteiger charge is 2.39. The summed E-state index contributed by atoms with van der Waals surface area (Å²) in [6.45, 7) is 2.35. The lowest BCUT2D eigenvalue weighted by Gasteiger charge is -2.42. The molecule has 1 aromatic heterocycles. The number of nitrogens with one attached hydrogen (secondary N) is 1. The minimum absolute atomic E-state index is 0.0640. The molecule has 1 heterocycles. The Morgan fingerprint density at radius 2 is 2.14 bits per heavy atom. The summed E-state index contributed by atoms with van der Waals surface area (Å²) in [5.74, 6) is -0.319. The maximum Gasteiger partial charge on any atom is 0.244 e. The second kappa shape index (κ2) is 5.87. The number of carbonyl (C=O) groups is 1. The van der Waals surface area contributed by atoms with Gasteiger partial charge in [-0.1, -0.05) is 18.6 Å². The number of hydrogen-bond acceptors (Lipinski definition) is 3. The van der Waals surface area contributed by atoms with Crippen molar-refractivity contribution in [2.24, 2.45) is 0 Å². The standard InChI is InChI=1S/C16H19FN4O/c1-12(21-11-18-10-20-21)15(22)19-9-16(7-2-8-16)13-3-5-14(17)6-4-13/h3-6,10-12H,2,7-9H2,1H3,(H,19,22)/t12-/m1/s1. The number of amides is 1. The van der Waals surface area contributed by atoms with Crippen molar-refractivity contribution in [1.82, 2.24) is 20.1 Å². The molecule has 6 heteroatoms. The Kier molecular flexibility index (Phi) is 3.92. The van der Waals surface area contributed by atoms with Gasteiger partial charge in [0.2, 0.25) is 5.91 Å². The molecule has 1 saturated carbocycles. The fourth-order valence-electron chi connectivity index (χ4n) is 2.92. The van der Waals surface area contributed by atoms with Gasteiger partial charge in [0, 0.05) is 12.0 Å². The van der Waals surface area contributed by atoms with Crippen LogP contribution in [0.15, 0.2) is 36.9 Å². The summed E-state index contributed by atoms with van der Waals surface area (Å²) in [4.78, 5) is 16.1. The van der Waals surface area contributed by atoms with Crippen LogP contribution in [-0.4, -0.2) is 27.2 Å². The first kappa shape index (κ1) is 14.7. The molecule has 1 aromatic carbocycles. The molecule has 2 aromatic rings. The van der Waals surface area contributed by atoms with Crippen molar-refractivity contribution in [2.45, 2.75) is 37.6 Å². The summed E-state index contributed by atoms with van der Waals surface area (Å²) in [5, 5.41) is 6.99. The van der Waals surface area contributed by atoms with E-state index in [1.807, 2.05) is 12.1 Å². The van der Waals surface area contributed by atoms with Crippen molar-refractivity contribution in [2.75, 3.05) is 6.54 Å². The van der Waals surface area contributed by atoms with Crippen molar-refractivity contribution in [3.63, 3.8) is 0 Å². The van der Waals surface area contributed by atoms with Crippen molar-refractivity contribution >= 4 is 5.91 Å². The molecule has 0 bridgehead atoms. The monoisotopic (exact) mass is 302 g/mol. The van der Waals surface area contributed by atoms with E-state index in [1.165, 1.54) is 29.5 Å². The van der Waals surface area contributed by atoms with Gasteiger partial charge in [-0.3, -0.25) is 4.79 Å². The van der Waals surface area contributed by atoms with Crippen molar-refractivity contribution in [3.05, 3.63) is 48.3 Å². The smallest absolute Gasteiger partial charge is 0.244 e. The number of halogens is 1. The van der Waals surface area contributed by atoms with Crippen molar-refractivity contribution in [3.8, 4) is 0 Å². The molecule has 0 radical (unpaired) electrons. The molecule has 5 nitrogen and oxygen atoms in total. The van der Waals surface area contributed by atoms with E-state index in [-0.39, 0.29) is 17.1 Å². The van der Waals surface area contributed by atoms with Crippen LogP contribution in [0.1, 0.15) is 37.8 Å². The van der Waals surface area contributed by atoms with Gasteiger partial charge in [-0.25, -0.2) is 14.1 Å². The number of aromatic nitrogens is 3. The Morgan fingerprint density at radius 3 is 2.68 bits per heavy atom. The predicted molar refractivity (Wildman–Crippen MR) is 79.7 cm³/mol. The Hall–Kier alpha value is -2.24. The Balaban J connectivity index is 1.66. The number of rotatable bonds is 5. The largest absolute Gasteiger partial charge is 0.353 e. The van der Waals surface area contributed by atoms with Gasteiger partial charge in [0.25, 0.3) is 0 Å². The van der Waals surface area contributed by atoms with Gasteiger partial charge in [-0.15, -0.1) is 0 Å². The number of hydrogen-bond donors (Lipinski definition) is 1. The van der Waals surface area contributed by atoms with Crippen molar-refractivity contribution in [1.29, 1.82) is 0 Å². The first-order valence-electron chi connectivity index (χ1n) is 7.49. The van der Waals surface area contributed by atoms with E-state index in [0.29, 0.717) is 6.54 Å². The van der Waals surface area contributed by atoms with Crippen LogP contribution in [-0.2, 0) is 10.2 Å². The molecule has 0 spiro atoms. The van der Waals surface area contributed by atoms with E-state index in [1.54, 1.807) is 6.92 Å². The first-order chi connectivity index (χ1) is 10.6. The molecule has 1 amide bonds. The molecule has 1 aliphatic rings. The van der Waals surface area contributed by atoms with Crippen LogP contribution in [0.5, 0.6) is 0 Å². The van der Waals surface area contributed by atoms with E-state index < -0.39 is 6.04 Å². The molecule has 0 unspecified atom stereocenters. The highest BCUT2D eigenvalue weighted by atomic mass is 19.1. The summed E-state index contributed by atoms with van der Waals surface area (Å²) < 4.78 is 14.6. The predicted octanol–water partition coefficient (Wildman–Crippen LogP) is 2.22. The Bertz CT molecular complexity index is 635. The molecule has 3 rings (SSSR count). The second-order valence-electron chi connectivity index (χ2n) is 5.91. The van der Waals surface area contributed by atoms with Gasteiger partial charge in [0.15, 0.2) is 0 Å². The minimum atomic E-state index is -0.396. The van der Waals surface area contributed by atoms with Gasteiger partial charge in [0.05, 0.1) is 0 Å². The van der Waals surface area contributed by atoms with E-state index in [2.05, 4.69) is 15.4 Å². The zero-order valence-electron chi connectivity index (χ0n) is 12.5. The number of nitrogens with zero attached hydrogens (tertiary/aromatic N) is 3. The van der Waals surface area contributed by atoms with E-state index in [4.69, 9.17) is 0 Å². The minimum Gasteiger partial charge on any atom is -0.353 e. The quantitative estimate of drug-likeness (QED) is 0.921. The summed E-state index contributed by atoms with van der Waals surface area (Å²) in [6, 6.07) is 6.21. The lowest BCUT2D eigenvalue weighted by Crippen LogP contribution is -2.47. The third-order valence-electron chi connectivity index (χ3n) is 4.58. The molecule has 22 heavy (non-hydrogen) atoms. The molecule has 1 N–H and O–H groups in total. The van der Waals surface area contributed by atoms with E-state index >= 15 is 0 Å². The Morgan fingerprint density at radius 1 is 1.41 bits per heavy atom. The fraction of sp³-hybridized carbons (Fsp3) is 0.438. The highest BCUT2D eigenvalue weighted by Crippen LogP contribution is 2.43. The summed E-state index contributed by atoms with van der Waals surface area (Å²) in [7, 11) is 0. The van der Waals surface area contributed by atoms with Crippen LogP contribution in [0.25, 0.3) is 0 Å². The van der Waals surface area contributed by atoms with Gasteiger partial charge in [0.1, 0.15) is 24.5 Å².